The first-order valence-corrected chi connectivity index (χ1v) is 14.1. The second-order valence-electron chi connectivity index (χ2n) is 9.41. The third-order valence-corrected chi connectivity index (χ3v) is 6.11. The van der Waals surface area contributed by atoms with Crippen LogP contribution in [0.4, 0.5) is 5.69 Å². The number of nitro groups is 1. The van der Waals surface area contributed by atoms with Crippen molar-refractivity contribution in [2.24, 2.45) is 0 Å². The molecule has 0 atom stereocenters. The lowest BCUT2D eigenvalue weighted by molar-refractivity contribution is -0.384. The second-order valence-corrected chi connectivity index (χ2v) is 9.41. The van der Waals surface area contributed by atoms with Crippen LogP contribution in [0.2, 0.25) is 0 Å². The van der Waals surface area contributed by atoms with E-state index in [4.69, 9.17) is 19.7 Å². The van der Waals surface area contributed by atoms with E-state index >= 15 is 0 Å². The lowest BCUT2D eigenvalue weighted by Gasteiger charge is -2.06. The average Bonchev–Trinajstić information content (AvgIpc) is 3.01. The zero-order chi connectivity index (χ0) is 29.5. The SMILES string of the molecule is O=Cc1ccc(OCCCCCCO)cc1.O=[N+]([O-])c1ccc(/C=C/c2ccc(OCCCCCCO)cc2)cc1. The summed E-state index contributed by atoms with van der Waals surface area (Å²) in [5.41, 5.74) is 2.70. The van der Waals surface area contributed by atoms with E-state index in [9.17, 15) is 14.9 Å². The van der Waals surface area contributed by atoms with E-state index in [0.29, 0.717) is 18.8 Å². The highest BCUT2D eigenvalue weighted by molar-refractivity contribution is 5.74. The van der Waals surface area contributed by atoms with Gasteiger partial charge in [0.1, 0.15) is 17.8 Å². The lowest BCUT2D eigenvalue weighted by Crippen LogP contribution is -1.97. The Morgan fingerprint density at radius 2 is 0.976 bits per heavy atom. The Labute approximate surface area is 242 Å². The molecule has 0 unspecified atom stereocenters. The number of benzene rings is 3. The molecule has 3 rings (SSSR count). The molecule has 0 aromatic heterocycles. The number of aldehydes is 1. The highest BCUT2D eigenvalue weighted by Crippen LogP contribution is 2.17. The molecule has 3 aromatic carbocycles. The molecule has 0 radical (unpaired) electrons. The lowest BCUT2D eigenvalue weighted by atomic mass is 10.1. The van der Waals surface area contributed by atoms with Crippen molar-refractivity contribution >= 4 is 24.1 Å². The summed E-state index contributed by atoms with van der Waals surface area (Å²) in [6.45, 7) is 1.90. The predicted octanol–water partition coefficient (Wildman–Crippen LogP) is 7.13. The summed E-state index contributed by atoms with van der Waals surface area (Å²) < 4.78 is 11.2. The van der Waals surface area contributed by atoms with Crippen LogP contribution < -0.4 is 9.47 Å². The summed E-state index contributed by atoms with van der Waals surface area (Å²) in [6.07, 6.45) is 12.6. The molecule has 0 fully saturated rings. The number of hydrogen-bond acceptors (Lipinski definition) is 7. The van der Waals surface area contributed by atoms with Gasteiger partial charge >= 0.3 is 0 Å². The highest BCUT2D eigenvalue weighted by atomic mass is 16.6. The monoisotopic (exact) mass is 563 g/mol. The summed E-state index contributed by atoms with van der Waals surface area (Å²) in [6, 6.07) is 21.4. The van der Waals surface area contributed by atoms with Crippen molar-refractivity contribution in [3.8, 4) is 11.5 Å². The number of carbonyl (C=O) groups excluding carboxylic acids is 1. The second kappa shape index (κ2) is 20.8. The van der Waals surface area contributed by atoms with E-state index < -0.39 is 4.92 Å². The molecular weight excluding hydrogens is 522 g/mol. The van der Waals surface area contributed by atoms with E-state index in [-0.39, 0.29) is 18.9 Å². The van der Waals surface area contributed by atoms with E-state index in [1.54, 1.807) is 36.4 Å². The number of carbonyl (C=O) groups is 1. The molecule has 0 aliphatic rings. The minimum absolute atomic E-state index is 0.0926. The van der Waals surface area contributed by atoms with Gasteiger partial charge < -0.3 is 19.7 Å². The number of non-ortho nitro benzene ring substituents is 1. The number of aliphatic hydroxyl groups excluding tert-OH is 2. The van der Waals surface area contributed by atoms with Crippen LogP contribution >= 0.6 is 0 Å². The maximum atomic E-state index is 10.6. The number of nitro benzene ring substituents is 1. The van der Waals surface area contributed by atoms with Crippen molar-refractivity contribution in [3.05, 3.63) is 99.6 Å². The Bertz CT molecular complexity index is 1140. The summed E-state index contributed by atoms with van der Waals surface area (Å²) >= 11 is 0. The molecular formula is C33H41NO7. The van der Waals surface area contributed by atoms with Crippen LogP contribution in [0.15, 0.2) is 72.8 Å². The molecule has 220 valence electrons. The number of aliphatic hydroxyl groups is 2. The van der Waals surface area contributed by atoms with E-state index in [1.165, 1.54) is 12.1 Å². The van der Waals surface area contributed by atoms with Crippen LogP contribution in [0.25, 0.3) is 12.2 Å². The molecule has 2 N–H and O–H groups in total. The molecule has 0 amide bonds. The molecule has 8 heteroatoms. The van der Waals surface area contributed by atoms with Crippen molar-refractivity contribution in [2.75, 3.05) is 26.4 Å². The average molecular weight is 564 g/mol. The highest BCUT2D eigenvalue weighted by Gasteiger charge is 2.02. The van der Waals surface area contributed by atoms with Gasteiger partial charge in [-0.15, -0.1) is 0 Å². The van der Waals surface area contributed by atoms with E-state index in [0.717, 1.165) is 80.3 Å². The number of ether oxygens (including phenoxy) is 2. The number of nitrogens with zero attached hydrogens (tertiary/aromatic N) is 1. The van der Waals surface area contributed by atoms with Crippen molar-refractivity contribution < 1.29 is 29.4 Å². The van der Waals surface area contributed by atoms with Crippen LogP contribution in [0.3, 0.4) is 0 Å². The normalized spacial score (nSPS) is 10.6. The molecule has 0 spiro atoms. The van der Waals surface area contributed by atoms with Crippen LogP contribution in [0.5, 0.6) is 11.5 Å². The molecule has 41 heavy (non-hydrogen) atoms. The van der Waals surface area contributed by atoms with Gasteiger partial charge in [0.15, 0.2) is 0 Å². The summed E-state index contributed by atoms with van der Waals surface area (Å²) in [5.74, 6) is 1.64. The van der Waals surface area contributed by atoms with Gasteiger partial charge in [0.25, 0.3) is 5.69 Å². The summed E-state index contributed by atoms with van der Waals surface area (Å²) in [5, 5.41) is 27.9. The maximum Gasteiger partial charge on any atom is 0.269 e. The van der Waals surface area contributed by atoms with Gasteiger partial charge in [-0.2, -0.15) is 0 Å². The molecule has 3 aromatic rings. The summed E-state index contributed by atoms with van der Waals surface area (Å²) in [7, 11) is 0. The standard InChI is InChI=1S/C20H23NO4.C13H18O3/c22-15-3-1-2-4-16-25-20-13-9-18(10-14-20)6-5-17-7-11-19(12-8-17)21(23)24;14-9-3-1-2-4-10-16-13-7-5-12(11-15)6-8-13/h5-14,22H,1-4,15-16H2;5-8,11,14H,1-4,9-10H2/b6-5+;. The quantitative estimate of drug-likeness (QED) is 0.0555. The Kier molecular flexibility index (Phi) is 16.9. The summed E-state index contributed by atoms with van der Waals surface area (Å²) in [4.78, 5) is 20.6. The van der Waals surface area contributed by atoms with Crippen LogP contribution in [-0.4, -0.2) is 47.9 Å². The van der Waals surface area contributed by atoms with Crippen LogP contribution in [-0.2, 0) is 0 Å². The minimum atomic E-state index is -0.404. The van der Waals surface area contributed by atoms with Crippen molar-refractivity contribution in [1.82, 2.24) is 0 Å². The molecule has 0 heterocycles. The van der Waals surface area contributed by atoms with Gasteiger partial charge in [-0.05, 0) is 98.2 Å². The van der Waals surface area contributed by atoms with E-state index in [2.05, 4.69) is 0 Å². The Morgan fingerprint density at radius 1 is 0.585 bits per heavy atom. The molecule has 0 saturated heterocycles. The molecule has 0 aliphatic carbocycles. The van der Waals surface area contributed by atoms with Gasteiger partial charge in [-0.3, -0.25) is 14.9 Å². The molecule has 0 aliphatic heterocycles. The molecule has 0 bridgehead atoms. The first-order valence-electron chi connectivity index (χ1n) is 14.1. The predicted molar refractivity (Wildman–Crippen MR) is 162 cm³/mol. The smallest absolute Gasteiger partial charge is 0.269 e. The largest absolute Gasteiger partial charge is 0.494 e. The van der Waals surface area contributed by atoms with Gasteiger partial charge in [0.05, 0.1) is 18.1 Å². The van der Waals surface area contributed by atoms with Gasteiger partial charge in [-0.25, -0.2) is 0 Å². The third-order valence-electron chi connectivity index (χ3n) is 6.11. The van der Waals surface area contributed by atoms with Crippen molar-refractivity contribution in [2.45, 2.75) is 51.4 Å². The fourth-order valence-electron chi connectivity index (χ4n) is 3.73. The van der Waals surface area contributed by atoms with Crippen molar-refractivity contribution in [3.63, 3.8) is 0 Å². The molecule has 0 saturated carbocycles. The number of unbranched alkanes of at least 4 members (excludes halogenated alkanes) is 6. The fourth-order valence-corrected chi connectivity index (χ4v) is 3.73. The Balaban J connectivity index is 0.000000317. The minimum Gasteiger partial charge on any atom is -0.494 e. The number of rotatable bonds is 18. The van der Waals surface area contributed by atoms with E-state index in [1.807, 2.05) is 36.4 Å². The fraction of sp³-hybridized carbons (Fsp3) is 0.364. The van der Waals surface area contributed by atoms with Crippen molar-refractivity contribution in [1.29, 1.82) is 0 Å². The number of hydrogen-bond donors (Lipinski definition) is 2. The van der Waals surface area contributed by atoms with Gasteiger partial charge in [0, 0.05) is 30.9 Å². The Hall–Kier alpha value is -4.01. The first-order chi connectivity index (χ1) is 20.0. The zero-order valence-corrected chi connectivity index (χ0v) is 23.5. The first kappa shape index (κ1) is 33.2. The van der Waals surface area contributed by atoms with Crippen LogP contribution in [0.1, 0.15) is 72.9 Å². The van der Waals surface area contributed by atoms with Gasteiger partial charge in [-0.1, -0.05) is 37.1 Å². The third kappa shape index (κ3) is 14.8. The Morgan fingerprint density at radius 3 is 1.37 bits per heavy atom. The van der Waals surface area contributed by atoms with Crippen LogP contribution in [0, 0.1) is 10.1 Å². The maximum absolute atomic E-state index is 10.6. The molecule has 8 nitrogen and oxygen atoms in total. The topological polar surface area (TPSA) is 119 Å². The zero-order valence-electron chi connectivity index (χ0n) is 23.5. The van der Waals surface area contributed by atoms with Gasteiger partial charge in [0.2, 0.25) is 0 Å².